The Morgan fingerprint density at radius 3 is 1.43 bits per heavy atom. The standard InChI is InChI=1S/C29H34N4O5.C27H32N4O4.C4H8O.CH2O3.2K.H/c1-19(2)17-33-27-26(28(35)32(4)29(33)36)30-23(14-6-5-9-16-37-20(3)34)24(31-27)18-38-25-15-10-12-21-11-7-8-13-22(21)25;1-18(2)16-31-25-24(26(33)30(3)27(31)34)28-21(13-5-4-8-15-32)22(29-25)17-35-23-14-9-11-19-10-6-7-12-20(19)23;1-2-4-5-3-1;2-1-4-3;;;/h7-8,10-13,15,19H,5-6,9,14,16-18H2,1-4H3;6-7,9-12,14,18,32H,4-5,8,13,15-17H2,1-3H3;1-4H2;1,3H;;;/q;;;;2*+1;-1/p-1. The monoisotopic (exact) mass is 1210 g/mol. The smallest absolute Gasteiger partial charge is 1.00 e. The van der Waals surface area contributed by atoms with Crippen molar-refractivity contribution in [2.45, 2.75) is 125 Å². The largest absolute Gasteiger partial charge is 1.00 e. The van der Waals surface area contributed by atoms with Gasteiger partial charge in [0.25, 0.3) is 17.6 Å². The number of esters is 1. The molecule has 0 aliphatic carbocycles. The molecule has 0 unspecified atom stereocenters. The Labute approximate surface area is 574 Å². The van der Waals surface area contributed by atoms with Crippen LogP contribution in [0, 0.1) is 11.8 Å². The molecule has 5 heterocycles. The maximum absolute atomic E-state index is 13.0. The van der Waals surface area contributed by atoms with Crippen LogP contribution in [-0.4, -0.2) is 82.2 Å². The van der Waals surface area contributed by atoms with E-state index < -0.39 is 22.5 Å². The summed E-state index contributed by atoms with van der Waals surface area (Å²) >= 11 is 0. The number of carbonyl (C=O) groups excluding carboxylic acids is 2. The van der Waals surface area contributed by atoms with Crippen molar-refractivity contribution in [2.75, 3.05) is 26.4 Å². The van der Waals surface area contributed by atoms with Crippen molar-refractivity contribution >= 4 is 56.3 Å². The van der Waals surface area contributed by atoms with E-state index in [-0.39, 0.29) is 165 Å². The van der Waals surface area contributed by atoms with Crippen molar-refractivity contribution in [3.05, 3.63) is 149 Å². The van der Waals surface area contributed by atoms with Crippen LogP contribution in [0.5, 0.6) is 11.5 Å². The number of aryl methyl sites for hydroxylation is 2. The summed E-state index contributed by atoms with van der Waals surface area (Å²) in [5, 5.41) is 21.7. The van der Waals surface area contributed by atoms with Gasteiger partial charge in [-0.25, -0.2) is 29.5 Å². The minimum absolute atomic E-state index is 0. The van der Waals surface area contributed by atoms with Gasteiger partial charge in [0.15, 0.2) is 22.3 Å². The first-order valence-electron chi connectivity index (χ1n) is 27.8. The molecule has 1 fully saturated rings. The van der Waals surface area contributed by atoms with Crippen LogP contribution >= 0.6 is 0 Å². The fourth-order valence-corrected chi connectivity index (χ4v) is 9.19. The Morgan fingerprint density at radius 2 is 1.05 bits per heavy atom. The quantitative estimate of drug-likeness (QED) is 0.0249. The van der Waals surface area contributed by atoms with Crippen molar-refractivity contribution in [1.82, 2.24) is 38.2 Å². The summed E-state index contributed by atoms with van der Waals surface area (Å²) in [4.78, 5) is 93.2. The first-order chi connectivity index (χ1) is 39.6. The molecule has 0 atom stereocenters. The Hall–Kier alpha value is -4.87. The number of nitrogens with zero attached hydrogens (tertiary/aromatic N) is 8. The summed E-state index contributed by atoms with van der Waals surface area (Å²) in [6.45, 7) is 12.9. The van der Waals surface area contributed by atoms with Gasteiger partial charge in [0.05, 0.1) is 18.0 Å². The number of fused-ring (bicyclic) bond motifs is 4. The Bertz CT molecular complexity index is 3660. The summed E-state index contributed by atoms with van der Waals surface area (Å²) < 4.78 is 27.7. The van der Waals surface area contributed by atoms with E-state index in [1.807, 2.05) is 113 Å². The topological polar surface area (TPSA) is 263 Å². The van der Waals surface area contributed by atoms with E-state index in [2.05, 4.69) is 4.89 Å². The third-order valence-corrected chi connectivity index (χ3v) is 13.3. The maximum atomic E-state index is 13.0. The predicted octanol–water partition coefficient (Wildman–Crippen LogP) is 1.09. The fraction of sp³-hybridized carbons (Fsp3) is 0.443. The SMILES string of the molecule is C1CCOC1.CC(=O)OCCCCCc1nc2c(=O)n(C)c(=O)n(CC(C)C)c2nc1COc1cccc2ccccc12.CC(C)Cn1c(=O)n(C)c(=O)c2nc(CCCCCO)c(COc3cccc4ccccc34)nc21.O=CO[O-].[H-].[K+].[K+]. The Balaban J connectivity index is 0.000000377. The van der Waals surface area contributed by atoms with Gasteiger partial charge in [-0.3, -0.25) is 37.4 Å². The van der Waals surface area contributed by atoms with Gasteiger partial charge < -0.3 is 35.6 Å². The summed E-state index contributed by atoms with van der Waals surface area (Å²) in [6.07, 6.45) is 8.40. The number of hydrogen-bond acceptors (Lipinski definition) is 17. The van der Waals surface area contributed by atoms with E-state index in [1.54, 1.807) is 0 Å². The molecular formula is C61H76K2N8O13. The van der Waals surface area contributed by atoms with E-state index in [0.717, 1.165) is 87.5 Å². The van der Waals surface area contributed by atoms with Crippen LogP contribution in [0.25, 0.3) is 43.9 Å². The molecule has 4 aromatic carbocycles. The molecule has 1 aliphatic heterocycles. The minimum Gasteiger partial charge on any atom is -1.00 e. The molecular weight excluding hydrogens is 1130 g/mol. The van der Waals surface area contributed by atoms with Crippen LogP contribution < -0.4 is 140 Å². The molecule has 4 aromatic heterocycles. The maximum Gasteiger partial charge on any atom is 1.00 e. The zero-order chi connectivity index (χ0) is 59.1. The first-order valence-corrected chi connectivity index (χ1v) is 27.8. The van der Waals surface area contributed by atoms with Gasteiger partial charge >= 0.3 is 120 Å². The van der Waals surface area contributed by atoms with Crippen molar-refractivity contribution in [1.29, 1.82) is 0 Å². The van der Waals surface area contributed by atoms with Crippen LogP contribution in [0.15, 0.2) is 104 Å². The van der Waals surface area contributed by atoms with Gasteiger partial charge in [-0.1, -0.05) is 107 Å². The molecule has 440 valence electrons. The number of rotatable bonds is 22. The second-order valence-corrected chi connectivity index (χ2v) is 20.6. The molecule has 0 radical (unpaired) electrons. The third kappa shape index (κ3) is 20.4. The van der Waals surface area contributed by atoms with Gasteiger partial charge in [0.2, 0.25) is 0 Å². The second kappa shape index (κ2) is 37.0. The Kier molecular flexibility index (Phi) is 31.5. The first kappa shape index (κ1) is 71.6. The molecule has 1 saturated heterocycles. The number of aliphatic hydroxyl groups excluding tert-OH is 1. The molecule has 0 bridgehead atoms. The van der Waals surface area contributed by atoms with Gasteiger partial charge in [0.1, 0.15) is 36.1 Å². The van der Waals surface area contributed by atoms with Crippen LogP contribution in [-0.2, 0) is 77.2 Å². The van der Waals surface area contributed by atoms with E-state index >= 15 is 0 Å². The average molecular weight is 1210 g/mol. The number of benzene rings is 4. The van der Waals surface area contributed by atoms with Crippen LogP contribution in [0.4, 0.5) is 0 Å². The van der Waals surface area contributed by atoms with E-state index in [1.165, 1.54) is 43.0 Å². The van der Waals surface area contributed by atoms with Crippen LogP contribution in [0.3, 0.4) is 0 Å². The molecule has 0 saturated carbocycles. The van der Waals surface area contributed by atoms with Crippen molar-refractivity contribution < 1.29 is 148 Å². The number of aromatic nitrogens is 8. The molecule has 21 nitrogen and oxygen atoms in total. The predicted molar refractivity (Wildman–Crippen MR) is 311 cm³/mol. The minimum atomic E-state index is -0.463. The number of ether oxygens (including phenoxy) is 4. The Morgan fingerprint density at radius 1 is 0.631 bits per heavy atom. The molecule has 0 spiro atoms. The van der Waals surface area contributed by atoms with E-state index in [0.29, 0.717) is 67.4 Å². The average Bonchev–Trinajstić information content (AvgIpc) is 2.42. The zero-order valence-electron chi connectivity index (χ0n) is 51.0. The summed E-state index contributed by atoms with van der Waals surface area (Å²) in [5.41, 5.74) is 1.77. The van der Waals surface area contributed by atoms with Crippen LogP contribution in [0.1, 0.15) is 110 Å². The fourth-order valence-electron chi connectivity index (χ4n) is 9.19. The molecule has 23 heteroatoms. The molecule has 84 heavy (non-hydrogen) atoms. The molecule has 1 aliphatic rings. The van der Waals surface area contributed by atoms with Gasteiger partial charge in [0, 0.05) is 64.7 Å². The van der Waals surface area contributed by atoms with Crippen LogP contribution in [0.2, 0.25) is 0 Å². The summed E-state index contributed by atoms with van der Waals surface area (Å²) in [5.74, 6) is 1.52. The van der Waals surface area contributed by atoms with Gasteiger partial charge in [-0.15, -0.1) is 0 Å². The van der Waals surface area contributed by atoms with Gasteiger partial charge in [-0.2, -0.15) is 0 Å². The number of aliphatic hydroxyl groups is 1. The van der Waals surface area contributed by atoms with E-state index in [4.69, 9.17) is 54.0 Å². The normalized spacial score (nSPS) is 11.7. The number of hydrogen-bond donors (Lipinski definition) is 1. The van der Waals surface area contributed by atoms with Crippen molar-refractivity contribution in [2.24, 2.45) is 25.9 Å². The zero-order valence-corrected chi connectivity index (χ0v) is 56.2. The number of unbranched alkanes of at least 4 members (excludes halogenated alkanes) is 4. The second-order valence-electron chi connectivity index (χ2n) is 20.6. The molecule has 8 aromatic rings. The van der Waals surface area contributed by atoms with E-state index in [9.17, 15) is 24.0 Å². The van der Waals surface area contributed by atoms with Crippen molar-refractivity contribution in [3.63, 3.8) is 0 Å². The molecule has 1 N–H and O–H groups in total. The summed E-state index contributed by atoms with van der Waals surface area (Å²) in [7, 11) is 2.94. The molecule has 9 rings (SSSR count). The number of carbonyl (C=O) groups is 2. The summed E-state index contributed by atoms with van der Waals surface area (Å²) in [6, 6.07) is 27.8. The third-order valence-electron chi connectivity index (χ3n) is 13.3. The van der Waals surface area contributed by atoms with Gasteiger partial charge in [-0.05, 0) is 92.5 Å². The van der Waals surface area contributed by atoms with Crippen molar-refractivity contribution in [3.8, 4) is 11.5 Å². The molecule has 0 amide bonds.